The predicted octanol–water partition coefficient (Wildman–Crippen LogP) is 2.05. The summed E-state index contributed by atoms with van der Waals surface area (Å²) in [5, 5.41) is 2.74. The zero-order valence-electron chi connectivity index (χ0n) is 7.81. The van der Waals surface area contributed by atoms with Crippen molar-refractivity contribution in [2.24, 2.45) is 5.92 Å². The van der Waals surface area contributed by atoms with Crippen LogP contribution in [0.5, 0.6) is 0 Å². The average molecular weight is 169 g/mol. The summed E-state index contributed by atoms with van der Waals surface area (Å²) in [5.74, 6) is 0.368. The van der Waals surface area contributed by atoms with E-state index in [0.717, 1.165) is 12.1 Å². The summed E-state index contributed by atoms with van der Waals surface area (Å²) in [6.07, 6.45) is 0.615. The van der Waals surface area contributed by atoms with Gasteiger partial charge < -0.3 is 4.74 Å². The van der Waals surface area contributed by atoms with Gasteiger partial charge in [-0.15, -0.1) is 0 Å². The largest absolute Gasteiger partial charge is 0.445 e. The lowest BCUT2D eigenvalue weighted by Crippen LogP contribution is -2.33. The van der Waals surface area contributed by atoms with E-state index in [1.54, 1.807) is 0 Å². The van der Waals surface area contributed by atoms with Gasteiger partial charge in [0, 0.05) is 5.70 Å². The highest BCUT2D eigenvalue weighted by Gasteiger charge is 2.19. The number of hydrogen-bond donors (Lipinski definition) is 1. The number of carbonyl (C=O) groups is 1. The molecule has 1 aliphatic rings. The Balaban J connectivity index is 2.84. The van der Waals surface area contributed by atoms with E-state index < -0.39 is 0 Å². The zero-order valence-corrected chi connectivity index (χ0v) is 7.81. The highest BCUT2D eigenvalue weighted by molar-refractivity contribution is 5.71. The SMILES string of the molecule is CCC1=C(C(C)C)NC(=O)OC1. The topological polar surface area (TPSA) is 38.3 Å². The van der Waals surface area contributed by atoms with Gasteiger partial charge in [0.1, 0.15) is 6.61 Å². The van der Waals surface area contributed by atoms with Crippen molar-refractivity contribution in [3.63, 3.8) is 0 Å². The summed E-state index contributed by atoms with van der Waals surface area (Å²) >= 11 is 0. The molecule has 0 fully saturated rings. The van der Waals surface area contributed by atoms with E-state index in [1.807, 2.05) is 0 Å². The molecule has 0 saturated heterocycles. The number of rotatable bonds is 2. The number of cyclic esters (lactones) is 1. The first-order chi connectivity index (χ1) is 5.65. The molecule has 1 N–H and O–H groups in total. The van der Waals surface area contributed by atoms with Crippen LogP contribution in [-0.4, -0.2) is 12.7 Å². The molecular weight excluding hydrogens is 154 g/mol. The molecule has 0 aromatic heterocycles. The fourth-order valence-corrected chi connectivity index (χ4v) is 1.31. The van der Waals surface area contributed by atoms with Crippen LogP contribution < -0.4 is 5.32 Å². The fourth-order valence-electron chi connectivity index (χ4n) is 1.31. The molecule has 0 atom stereocenters. The Kier molecular flexibility index (Phi) is 2.74. The Morgan fingerprint density at radius 2 is 2.25 bits per heavy atom. The summed E-state index contributed by atoms with van der Waals surface area (Å²) in [6, 6.07) is 0. The third-order valence-corrected chi connectivity index (χ3v) is 2.00. The van der Waals surface area contributed by atoms with Gasteiger partial charge in [-0.25, -0.2) is 4.79 Å². The smallest absolute Gasteiger partial charge is 0.411 e. The van der Waals surface area contributed by atoms with Crippen molar-refractivity contribution in [2.75, 3.05) is 6.61 Å². The van der Waals surface area contributed by atoms with Crippen LogP contribution in [0.25, 0.3) is 0 Å². The van der Waals surface area contributed by atoms with Crippen molar-refractivity contribution in [1.82, 2.24) is 5.32 Å². The molecule has 12 heavy (non-hydrogen) atoms. The van der Waals surface area contributed by atoms with Gasteiger partial charge in [0.2, 0.25) is 0 Å². The Morgan fingerprint density at radius 1 is 1.58 bits per heavy atom. The van der Waals surface area contributed by atoms with Crippen LogP contribution in [0.3, 0.4) is 0 Å². The monoisotopic (exact) mass is 169 g/mol. The molecule has 0 saturated carbocycles. The minimum atomic E-state index is -0.323. The molecule has 3 nitrogen and oxygen atoms in total. The lowest BCUT2D eigenvalue weighted by atomic mass is 10.0. The molecule has 0 bridgehead atoms. The summed E-state index contributed by atoms with van der Waals surface area (Å²) < 4.78 is 4.85. The van der Waals surface area contributed by atoms with E-state index in [1.165, 1.54) is 5.57 Å². The maximum Gasteiger partial charge on any atom is 0.411 e. The molecular formula is C9H15NO2. The molecule has 1 aliphatic heterocycles. The normalized spacial score (nSPS) is 17.8. The van der Waals surface area contributed by atoms with Gasteiger partial charge in [-0.1, -0.05) is 20.8 Å². The molecule has 1 heterocycles. The Morgan fingerprint density at radius 3 is 2.75 bits per heavy atom. The van der Waals surface area contributed by atoms with Gasteiger partial charge in [-0.2, -0.15) is 0 Å². The molecule has 0 aromatic rings. The van der Waals surface area contributed by atoms with Gasteiger partial charge in [-0.3, -0.25) is 5.32 Å². The third-order valence-electron chi connectivity index (χ3n) is 2.00. The van der Waals surface area contributed by atoms with Crippen molar-refractivity contribution in [3.8, 4) is 0 Å². The Bertz CT molecular complexity index is 219. The van der Waals surface area contributed by atoms with E-state index in [4.69, 9.17) is 4.74 Å². The fraction of sp³-hybridized carbons (Fsp3) is 0.667. The number of alkyl carbamates (subject to hydrolysis) is 1. The standard InChI is InChI=1S/C9H15NO2/c1-4-7-5-12-9(11)10-8(7)6(2)3/h6H,4-5H2,1-3H3,(H,10,11). The molecule has 0 unspecified atom stereocenters. The minimum Gasteiger partial charge on any atom is -0.445 e. The molecule has 1 rings (SSSR count). The second-order valence-electron chi connectivity index (χ2n) is 3.23. The number of nitrogens with one attached hydrogen (secondary N) is 1. The first-order valence-corrected chi connectivity index (χ1v) is 4.30. The molecule has 1 amide bonds. The maximum atomic E-state index is 10.9. The van der Waals surface area contributed by atoms with Gasteiger partial charge in [0.15, 0.2) is 0 Å². The summed E-state index contributed by atoms with van der Waals surface area (Å²) in [4.78, 5) is 10.9. The van der Waals surface area contributed by atoms with Crippen molar-refractivity contribution >= 4 is 6.09 Å². The molecule has 0 aromatic carbocycles. The van der Waals surface area contributed by atoms with Gasteiger partial charge in [-0.05, 0) is 17.9 Å². The van der Waals surface area contributed by atoms with E-state index >= 15 is 0 Å². The number of carbonyl (C=O) groups excluding carboxylic acids is 1. The molecule has 68 valence electrons. The third kappa shape index (κ3) is 1.78. The predicted molar refractivity (Wildman–Crippen MR) is 46.6 cm³/mol. The van der Waals surface area contributed by atoms with Crippen molar-refractivity contribution in [3.05, 3.63) is 11.3 Å². The summed E-state index contributed by atoms with van der Waals surface area (Å²) in [5.41, 5.74) is 2.23. The van der Waals surface area contributed by atoms with Crippen LogP contribution in [0.15, 0.2) is 11.3 Å². The zero-order chi connectivity index (χ0) is 9.14. The molecule has 0 radical (unpaired) electrons. The van der Waals surface area contributed by atoms with Gasteiger partial charge in [0.05, 0.1) is 0 Å². The lowest BCUT2D eigenvalue weighted by molar-refractivity contribution is 0.149. The van der Waals surface area contributed by atoms with Crippen molar-refractivity contribution < 1.29 is 9.53 Å². The summed E-state index contributed by atoms with van der Waals surface area (Å²) in [6.45, 7) is 6.65. The van der Waals surface area contributed by atoms with Crippen molar-refractivity contribution in [1.29, 1.82) is 0 Å². The van der Waals surface area contributed by atoms with Crippen LogP contribution in [0.2, 0.25) is 0 Å². The highest BCUT2D eigenvalue weighted by atomic mass is 16.5. The number of ether oxygens (including phenoxy) is 1. The Hall–Kier alpha value is -0.990. The summed E-state index contributed by atoms with van der Waals surface area (Å²) in [7, 11) is 0. The van der Waals surface area contributed by atoms with Gasteiger partial charge >= 0.3 is 6.09 Å². The number of allylic oxidation sites excluding steroid dienone is 1. The molecule has 0 aliphatic carbocycles. The van der Waals surface area contributed by atoms with Crippen LogP contribution in [0, 0.1) is 5.92 Å². The Labute approximate surface area is 72.8 Å². The van der Waals surface area contributed by atoms with Crippen LogP contribution in [0.1, 0.15) is 27.2 Å². The first-order valence-electron chi connectivity index (χ1n) is 4.30. The van der Waals surface area contributed by atoms with Crippen molar-refractivity contribution in [2.45, 2.75) is 27.2 Å². The minimum absolute atomic E-state index is 0.323. The van der Waals surface area contributed by atoms with E-state index in [9.17, 15) is 4.79 Å². The van der Waals surface area contributed by atoms with E-state index in [-0.39, 0.29) is 6.09 Å². The molecule has 0 spiro atoms. The number of hydrogen-bond acceptors (Lipinski definition) is 2. The quantitative estimate of drug-likeness (QED) is 0.687. The van der Waals surface area contributed by atoms with Gasteiger partial charge in [0.25, 0.3) is 0 Å². The number of amides is 1. The second-order valence-corrected chi connectivity index (χ2v) is 3.23. The first kappa shape index (κ1) is 9.10. The average Bonchev–Trinajstić information content (AvgIpc) is 2.04. The second kappa shape index (κ2) is 3.61. The van der Waals surface area contributed by atoms with Crippen LogP contribution in [0.4, 0.5) is 4.79 Å². The molecule has 3 heteroatoms. The van der Waals surface area contributed by atoms with Crippen LogP contribution in [-0.2, 0) is 4.74 Å². The van der Waals surface area contributed by atoms with E-state index in [2.05, 4.69) is 26.1 Å². The van der Waals surface area contributed by atoms with Crippen LogP contribution >= 0.6 is 0 Å². The highest BCUT2D eigenvalue weighted by Crippen LogP contribution is 2.18. The maximum absolute atomic E-state index is 10.9. The van der Waals surface area contributed by atoms with E-state index in [0.29, 0.717) is 12.5 Å². The lowest BCUT2D eigenvalue weighted by Gasteiger charge is -2.23.